The van der Waals surface area contributed by atoms with Crippen LogP contribution in [-0.4, -0.2) is 55.3 Å². The highest BCUT2D eigenvalue weighted by Gasteiger charge is 2.32. The first kappa shape index (κ1) is 27.0. The molecule has 3 aromatic rings. The van der Waals surface area contributed by atoms with E-state index in [1.54, 1.807) is 24.3 Å². The Balaban J connectivity index is 1.95. The van der Waals surface area contributed by atoms with Crippen molar-refractivity contribution in [3.05, 3.63) is 107 Å². The number of sulfonamides is 1. The Kier molecular flexibility index (Phi) is 9.32. The van der Waals surface area contributed by atoms with E-state index in [-0.39, 0.29) is 25.4 Å². The second-order valence-electron chi connectivity index (χ2n) is 8.48. The van der Waals surface area contributed by atoms with Crippen LogP contribution in [0, 0.1) is 5.82 Å². The van der Waals surface area contributed by atoms with Gasteiger partial charge in [0.2, 0.25) is 21.8 Å². The molecule has 0 bridgehead atoms. The first-order valence-electron chi connectivity index (χ1n) is 11.5. The molecule has 0 aliphatic heterocycles. The minimum Gasteiger partial charge on any atom is -0.357 e. The Morgan fingerprint density at radius 2 is 1.36 bits per heavy atom. The van der Waals surface area contributed by atoms with E-state index < -0.39 is 34.3 Å². The topological polar surface area (TPSA) is 86.8 Å². The average molecular weight is 512 g/mol. The number of rotatable bonds is 11. The summed E-state index contributed by atoms with van der Waals surface area (Å²) in [5.74, 6) is -1.34. The molecule has 1 atom stereocenters. The predicted octanol–water partition coefficient (Wildman–Crippen LogP) is 2.97. The van der Waals surface area contributed by atoms with Crippen LogP contribution in [-0.2, 0) is 39.1 Å². The van der Waals surface area contributed by atoms with Crippen LogP contribution in [0.25, 0.3) is 0 Å². The molecule has 0 unspecified atom stereocenters. The van der Waals surface area contributed by atoms with Crippen molar-refractivity contribution in [2.45, 2.75) is 25.6 Å². The molecule has 0 saturated heterocycles. The van der Waals surface area contributed by atoms with Crippen LogP contribution in [0.2, 0.25) is 0 Å². The minimum absolute atomic E-state index is 0.00692. The van der Waals surface area contributed by atoms with E-state index in [0.717, 1.165) is 21.7 Å². The molecule has 0 heterocycles. The number of halogens is 1. The number of carbonyl (C=O) groups is 2. The summed E-state index contributed by atoms with van der Waals surface area (Å²) in [6, 6.07) is 22.9. The van der Waals surface area contributed by atoms with Gasteiger partial charge in [-0.3, -0.25) is 9.59 Å². The van der Waals surface area contributed by atoms with Crippen molar-refractivity contribution in [3.8, 4) is 0 Å². The zero-order valence-corrected chi connectivity index (χ0v) is 21.1. The standard InChI is InChI=1S/C27H30FN3O4S/c1-29-27(33)25(17-21-9-5-3-6-10-21)31(19-23-13-15-24(28)16-14-23)26(32)20-30(36(2,34)35)18-22-11-7-4-8-12-22/h3-16,25H,17-20H2,1-2H3,(H,29,33)/t25-/m1/s1. The lowest BCUT2D eigenvalue weighted by Gasteiger charge is -2.32. The molecular formula is C27H30FN3O4S. The number of likely N-dealkylation sites (N-methyl/N-ethyl adjacent to an activating group) is 1. The SMILES string of the molecule is CNC(=O)[C@@H](Cc1ccccc1)N(Cc1ccc(F)cc1)C(=O)CN(Cc1ccccc1)S(C)(=O)=O. The van der Waals surface area contributed by atoms with Gasteiger partial charge >= 0.3 is 0 Å². The molecule has 1 N–H and O–H groups in total. The van der Waals surface area contributed by atoms with Gasteiger partial charge in [0.15, 0.2) is 0 Å². The number of nitrogens with zero attached hydrogens (tertiary/aromatic N) is 2. The van der Waals surface area contributed by atoms with E-state index in [1.807, 2.05) is 36.4 Å². The fourth-order valence-electron chi connectivity index (χ4n) is 3.83. The number of carbonyl (C=O) groups excluding carboxylic acids is 2. The molecule has 0 aromatic heterocycles. The Bertz CT molecular complexity index is 1250. The normalized spacial score (nSPS) is 12.2. The van der Waals surface area contributed by atoms with E-state index in [1.165, 1.54) is 36.2 Å². The number of hydrogen-bond donors (Lipinski definition) is 1. The highest BCUT2D eigenvalue weighted by atomic mass is 32.2. The monoisotopic (exact) mass is 511 g/mol. The third-order valence-corrected chi connectivity index (χ3v) is 6.96. The summed E-state index contributed by atoms with van der Waals surface area (Å²) >= 11 is 0. The van der Waals surface area contributed by atoms with Gasteiger partial charge in [-0.1, -0.05) is 72.8 Å². The summed E-state index contributed by atoms with van der Waals surface area (Å²) in [4.78, 5) is 28.0. The third-order valence-electron chi connectivity index (χ3n) is 5.77. The van der Waals surface area contributed by atoms with Crippen LogP contribution in [0.5, 0.6) is 0 Å². The largest absolute Gasteiger partial charge is 0.357 e. The van der Waals surface area contributed by atoms with Crippen LogP contribution in [0.1, 0.15) is 16.7 Å². The number of nitrogens with one attached hydrogen (secondary N) is 1. The smallest absolute Gasteiger partial charge is 0.242 e. The van der Waals surface area contributed by atoms with Crippen LogP contribution in [0.4, 0.5) is 4.39 Å². The molecule has 190 valence electrons. The molecule has 36 heavy (non-hydrogen) atoms. The van der Waals surface area contributed by atoms with E-state index in [4.69, 9.17) is 0 Å². The average Bonchev–Trinajstić information content (AvgIpc) is 2.87. The van der Waals surface area contributed by atoms with Gasteiger partial charge in [0, 0.05) is 26.6 Å². The second kappa shape index (κ2) is 12.4. The molecular weight excluding hydrogens is 481 g/mol. The second-order valence-corrected chi connectivity index (χ2v) is 10.5. The van der Waals surface area contributed by atoms with Crippen LogP contribution in [0.3, 0.4) is 0 Å². The molecule has 7 nitrogen and oxygen atoms in total. The van der Waals surface area contributed by atoms with E-state index in [2.05, 4.69) is 5.32 Å². The van der Waals surface area contributed by atoms with Crippen molar-refractivity contribution < 1.29 is 22.4 Å². The maximum Gasteiger partial charge on any atom is 0.242 e. The van der Waals surface area contributed by atoms with Crippen molar-refractivity contribution in [3.63, 3.8) is 0 Å². The minimum atomic E-state index is -3.74. The van der Waals surface area contributed by atoms with Gasteiger partial charge < -0.3 is 10.2 Å². The lowest BCUT2D eigenvalue weighted by molar-refractivity contribution is -0.141. The molecule has 0 fully saturated rings. The molecule has 0 saturated carbocycles. The highest BCUT2D eigenvalue weighted by molar-refractivity contribution is 7.88. The molecule has 0 aliphatic carbocycles. The molecule has 3 rings (SSSR count). The van der Waals surface area contributed by atoms with Crippen molar-refractivity contribution in [1.29, 1.82) is 0 Å². The maximum absolute atomic E-state index is 13.7. The molecule has 9 heteroatoms. The first-order valence-corrected chi connectivity index (χ1v) is 13.3. The van der Waals surface area contributed by atoms with Crippen molar-refractivity contribution in [2.75, 3.05) is 19.8 Å². The van der Waals surface area contributed by atoms with E-state index in [0.29, 0.717) is 5.56 Å². The fraction of sp³-hybridized carbons (Fsp3) is 0.259. The first-order chi connectivity index (χ1) is 17.2. The van der Waals surface area contributed by atoms with E-state index in [9.17, 15) is 22.4 Å². The van der Waals surface area contributed by atoms with Crippen LogP contribution < -0.4 is 5.32 Å². The van der Waals surface area contributed by atoms with Gasteiger partial charge in [0.25, 0.3) is 0 Å². The quantitative estimate of drug-likeness (QED) is 0.429. The lowest BCUT2D eigenvalue weighted by Crippen LogP contribution is -2.52. The number of benzene rings is 3. The van der Waals surface area contributed by atoms with Crippen molar-refractivity contribution >= 4 is 21.8 Å². The Labute approximate surface area is 211 Å². The van der Waals surface area contributed by atoms with Gasteiger partial charge in [-0.15, -0.1) is 0 Å². The van der Waals surface area contributed by atoms with Crippen molar-refractivity contribution in [2.24, 2.45) is 0 Å². The maximum atomic E-state index is 13.7. The summed E-state index contributed by atoms with van der Waals surface area (Å²) in [6.45, 7) is -0.427. The summed E-state index contributed by atoms with van der Waals surface area (Å²) in [7, 11) is -2.26. The molecule has 3 aromatic carbocycles. The summed E-state index contributed by atoms with van der Waals surface area (Å²) < 4.78 is 39.7. The summed E-state index contributed by atoms with van der Waals surface area (Å²) in [6.07, 6.45) is 1.28. The van der Waals surface area contributed by atoms with Gasteiger partial charge in [-0.05, 0) is 28.8 Å². The van der Waals surface area contributed by atoms with E-state index >= 15 is 0 Å². The summed E-state index contributed by atoms with van der Waals surface area (Å²) in [5.41, 5.74) is 2.18. The van der Waals surface area contributed by atoms with Crippen LogP contribution >= 0.6 is 0 Å². The zero-order valence-electron chi connectivity index (χ0n) is 20.3. The van der Waals surface area contributed by atoms with Gasteiger partial charge in [-0.25, -0.2) is 12.8 Å². The van der Waals surface area contributed by atoms with Gasteiger partial charge in [-0.2, -0.15) is 4.31 Å². The Morgan fingerprint density at radius 3 is 1.89 bits per heavy atom. The third kappa shape index (κ3) is 7.73. The fourth-order valence-corrected chi connectivity index (χ4v) is 4.55. The number of amides is 2. The number of hydrogen-bond acceptors (Lipinski definition) is 4. The predicted molar refractivity (Wildman–Crippen MR) is 137 cm³/mol. The van der Waals surface area contributed by atoms with Crippen LogP contribution in [0.15, 0.2) is 84.9 Å². The molecule has 0 aliphatic rings. The van der Waals surface area contributed by atoms with Gasteiger partial charge in [0.05, 0.1) is 12.8 Å². The summed E-state index contributed by atoms with van der Waals surface area (Å²) in [5, 5.41) is 2.61. The lowest BCUT2D eigenvalue weighted by atomic mass is 10.0. The highest BCUT2D eigenvalue weighted by Crippen LogP contribution is 2.17. The zero-order chi connectivity index (χ0) is 26.1. The molecule has 0 spiro atoms. The molecule has 2 amide bonds. The van der Waals surface area contributed by atoms with Crippen molar-refractivity contribution in [1.82, 2.24) is 14.5 Å². The molecule has 0 radical (unpaired) electrons. The van der Waals surface area contributed by atoms with Gasteiger partial charge in [0.1, 0.15) is 11.9 Å². The Hall–Kier alpha value is -3.56. The Morgan fingerprint density at radius 1 is 0.833 bits per heavy atom.